The van der Waals surface area contributed by atoms with E-state index in [2.05, 4.69) is 27.7 Å². The van der Waals surface area contributed by atoms with Gasteiger partial charge in [-0.15, -0.1) is 0 Å². The molecule has 0 radical (unpaired) electrons. The second kappa shape index (κ2) is 14.4. The molecule has 2 aliphatic rings. The summed E-state index contributed by atoms with van der Waals surface area (Å²) in [5, 5.41) is 0. The Hall–Kier alpha value is 0. The molecule has 0 saturated heterocycles. The summed E-state index contributed by atoms with van der Waals surface area (Å²) < 4.78 is 0. The predicted octanol–water partition coefficient (Wildman–Crippen LogP) is 7.82. The molecule has 0 N–H and O–H groups in total. The summed E-state index contributed by atoms with van der Waals surface area (Å²) in [7, 11) is 0. The maximum atomic E-state index is 2.37. The van der Waals surface area contributed by atoms with Gasteiger partial charge in [-0.1, -0.05) is 95.9 Å². The van der Waals surface area contributed by atoms with Crippen molar-refractivity contribution in [2.75, 3.05) is 0 Å². The highest BCUT2D eigenvalue weighted by Gasteiger charge is 2.16. The highest BCUT2D eigenvalue weighted by atomic mass is 14.2. The van der Waals surface area contributed by atoms with E-state index in [1.807, 2.05) is 0 Å². The molecule has 0 aliphatic heterocycles. The van der Waals surface area contributed by atoms with Gasteiger partial charge in [0.2, 0.25) is 0 Å². The van der Waals surface area contributed by atoms with E-state index in [1.54, 1.807) is 0 Å². The van der Waals surface area contributed by atoms with Crippen LogP contribution in [0.2, 0.25) is 0 Å². The van der Waals surface area contributed by atoms with Gasteiger partial charge in [0.15, 0.2) is 0 Å². The fourth-order valence-electron chi connectivity index (χ4n) is 2.92. The maximum absolute atomic E-state index is 2.37. The second-order valence-electron chi connectivity index (χ2n) is 6.39. The lowest BCUT2D eigenvalue weighted by Crippen LogP contribution is -2.08. The molecule has 2 unspecified atom stereocenters. The first kappa shape index (κ1) is 27.4. The lowest BCUT2D eigenvalue weighted by molar-refractivity contribution is 0.308. The van der Waals surface area contributed by atoms with Crippen LogP contribution >= 0.6 is 0 Å². The van der Waals surface area contributed by atoms with Crippen molar-refractivity contribution in [3.8, 4) is 0 Å². The Morgan fingerprint density at radius 3 is 0.789 bits per heavy atom. The minimum atomic E-state index is 0. The second-order valence-corrected chi connectivity index (χ2v) is 6.39. The van der Waals surface area contributed by atoms with E-state index >= 15 is 0 Å². The minimum absolute atomic E-state index is 0. The van der Waals surface area contributed by atoms with Crippen LogP contribution in [-0.2, 0) is 0 Å². The minimum Gasteiger partial charge on any atom is -0.0776 e. The van der Waals surface area contributed by atoms with Gasteiger partial charge in [-0.05, 0) is 30.1 Å². The predicted molar refractivity (Wildman–Crippen MR) is 95.9 cm³/mol. The van der Waals surface area contributed by atoms with Crippen molar-refractivity contribution in [2.24, 2.45) is 23.7 Å². The molecule has 2 atom stereocenters. The molecular formula is C19H46. The Morgan fingerprint density at radius 1 is 0.421 bits per heavy atom. The summed E-state index contributed by atoms with van der Waals surface area (Å²) in [6.07, 6.45) is 10.3. The first-order valence-electron chi connectivity index (χ1n) is 7.08. The van der Waals surface area contributed by atoms with Crippen LogP contribution in [0.15, 0.2) is 0 Å². The Balaban J connectivity index is -0.0000000983. The van der Waals surface area contributed by atoms with Crippen molar-refractivity contribution in [1.29, 1.82) is 0 Å². The van der Waals surface area contributed by atoms with Crippen LogP contribution in [0.5, 0.6) is 0 Å². The van der Waals surface area contributed by atoms with Gasteiger partial charge in [-0.2, -0.15) is 0 Å². The van der Waals surface area contributed by atoms with Gasteiger partial charge in [0.05, 0.1) is 0 Å². The van der Waals surface area contributed by atoms with Crippen LogP contribution in [0.1, 0.15) is 102 Å². The van der Waals surface area contributed by atoms with Crippen molar-refractivity contribution in [3.05, 3.63) is 0 Å². The lowest BCUT2D eigenvalue weighted by Gasteiger charge is -2.22. The van der Waals surface area contributed by atoms with E-state index < -0.39 is 0 Å². The summed E-state index contributed by atoms with van der Waals surface area (Å²) in [5.41, 5.74) is 0. The van der Waals surface area contributed by atoms with Gasteiger partial charge in [0.25, 0.3) is 0 Å². The maximum Gasteiger partial charge on any atom is -0.0440 e. The standard InChI is InChI=1S/C8H16.C7H14.4CH4/c1-7-3-5-8(2)6-4-7;1-6-3-4-7(2)5-6;;;;/h7-8H,3-6H2,1-2H3;6-7H,3-5H2,1-2H3;4*1H4. The Morgan fingerprint density at radius 2 is 0.632 bits per heavy atom. The van der Waals surface area contributed by atoms with Gasteiger partial charge in [-0.3, -0.25) is 0 Å². The Labute approximate surface area is 126 Å². The van der Waals surface area contributed by atoms with Crippen LogP contribution in [-0.4, -0.2) is 0 Å². The molecular weight excluding hydrogens is 228 g/mol. The summed E-state index contributed by atoms with van der Waals surface area (Å²) in [6, 6.07) is 0. The first-order valence-corrected chi connectivity index (χ1v) is 7.08. The molecule has 19 heavy (non-hydrogen) atoms. The first-order chi connectivity index (χ1) is 7.08. The molecule has 122 valence electrons. The van der Waals surface area contributed by atoms with Crippen LogP contribution in [0, 0.1) is 23.7 Å². The van der Waals surface area contributed by atoms with Gasteiger partial charge in [-0.25, -0.2) is 0 Å². The van der Waals surface area contributed by atoms with Gasteiger partial charge in [0.1, 0.15) is 0 Å². The highest BCUT2D eigenvalue weighted by molar-refractivity contribution is 4.68. The summed E-state index contributed by atoms with van der Waals surface area (Å²) in [5.74, 6) is 4.09. The zero-order valence-corrected chi connectivity index (χ0v) is 11.3. The van der Waals surface area contributed by atoms with Crippen LogP contribution < -0.4 is 0 Å². The lowest BCUT2D eigenvalue weighted by atomic mass is 9.84. The van der Waals surface area contributed by atoms with E-state index in [0.717, 1.165) is 23.7 Å². The number of hydrogen-bond donors (Lipinski definition) is 0. The number of rotatable bonds is 0. The molecule has 2 saturated carbocycles. The van der Waals surface area contributed by atoms with Crippen molar-refractivity contribution in [2.45, 2.75) is 102 Å². The van der Waals surface area contributed by atoms with Gasteiger partial charge in [0, 0.05) is 0 Å². The van der Waals surface area contributed by atoms with Crippen molar-refractivity contribution in [3.63, 3.8) is 0 Å². The molecule has 0 nitrogen and oxygen atoms in total. The SMILES string of the molecule is C.C.C.C.CC1CCC(C)C1.CC1CCC(C)CC1. The van der Waals surface area contributed by atoms with Gasteiger partial charge >= 0.3 is 0 Å². The average Bonchev–Trinajstić information content (AvgIpc) is 2.56. The largest absolute Gasteiger partial charge is 0.0776 e. The topological polar surface area (TPSA) is 0 Å². The Bertz CT molecular complexity index is 135. The molecule has 0 amide bonds. The molecule has 0 heteroatoms. The van der Waals surface area contributed by atoms with E-state index in [9.17, 15) is 0 Å². The monoisotopic (exact) mass is 274 g/mol. The molecule has 0 aromatic rings. The zero-order valence-electron chi connectivity index (χ0n) is 11.3. The van der Waals surface area contributed by atoms with Crippen LogP contribution in [0.4, 0.5) is 0 Å². The van der Waals surface area contributed by atoms with E-state index in [1.165, 1.54) is 44.9 Å². The molecule has 2 rings (SSSR count). The third kappa shape index (κ3) is 12.8. The van der Waals surface area contributed by atoms with Crippen molar-refractivity contribution >= 4 is 0 Å². The molecule has 0 aromatic heterocycles. The average molecular weight is 275 g/mol. The van der Waals surface area contributed by atoms with E-state index in [4.69, 9.17) is 0 Å². The van der Waals surface area contributed by atoms with Crippen LogP contribution in [0.3, 0.4) is 0 Å². The molecule has 0 heterocycles. The molecule has 0 aromatic carbocycles. The molecule has 0 bridgehead atoms. The number of hydrogen-bond acceptors (Lipinski definition) is 0. The summed E-state index contributed by atoms with van der Waals surface area (Å²) >= 11 is 0. The summed E-state index contributed by atoms with van der Waals surface area (Å²) in [4.78, 5) is 0. The Kier molecular flexibility index (Phi) is 20.8. The fourth-order valence-corrected chi connectivity index (χ4v) is 2.92. The zero-order chi connectivity index (χ0) is 11.3. The van der Waals surface area contributed by atoms with Crippen molar-refractivity contribution < 1.29 is 0 Å². The van der Waals surface area contributed by atoms with Crippen molar-refractivity contribution in [1.82, 2.24) is 0 Å². The fraction of sp³-hybridized carbons (Fsp3) is 1.00. The third-order valence-corrected chi connectivity index (χ3v) is 4.26. The third-order valence-electron chi connectivity index (χ3n) is 4.26. The van der Waals surface area contributed by atoms with Gasteiger partial charge < -0.3 is 0 Å². The smallest absolute Gasteiger partial charge is 0.0440 e. The molecule has 2 fully saturated rings. The van der Waals surface area contributed by atoms with E-state index in [-0.39, 0.29) is 29.7 Å². The quantitative estimate of drug-likeness (QED) is 0.422. The van der Waals surface area contributed by atoms with E-state index in [0.29, 0.717) is 0 Å². The molecule has 2 aliphatic carbocycles. The molecule has 0 spiro atoms. The van der Waals surface area contributed by atoms with Crippen LogP contribution in [0.25, 0.3) is 0 Å². The normalized spacial score (nSPS) is 32.2. The highest BCUT2D eigenvalue weighted by Crippen LogP contribution is 2.29. The summed E-state index contributed by atoms with van der Waals surface area (Å²) in [6.45, 7) is 9.44.